The van der Waals surface area contributed by atoms with Gasteiger partial charge in [0.1, 0.15) is 0 Å². The number of piperazine rings is 1. The number of hydrogen-bond acceptors (Lipinski definition) is 5. The molecule has 2 aliphatic rings. The third-order valence-corrected chi connectivity index (χ3v) is 6.31. The lowest BCUT2D eigenvalue weighted by molar-refractivity contribution is 0.501. The molecule has 1 N–H and O–H groups in total. The standard InChI is InChI=1S/C16H25N3O2S.2ClH/c1-13-11-15(19-6-5-17-12-14(19)2)3-4-16(13)18-7-9-22(20,21)10-8-18;;/h3-4,11,14,17H,5-10,12H2,1-2H3;2*1H/t14-;;/m0../s1. The summed E-state index contributed by atoms with van der Waals surface area (Å²) in [4.78, 5) is 4.63. The first-order chi connectivity index (χ1) is 10.5. The van der Waals surface area contributed by atoms with Crippen molar-refractivity contribution in [3.8, 4) is 0 Å². The Labute approximate surface area is 157 Å². The zero-order valence-electron chi connectivity index (χ0n) is 14.2. The highest BCUT2D eigenvalue weighted by Gasteiger charge is 2.23. The number of halogens is 2. The van der Waals surface area contributed by atoms with Gasteiger partial charge in [-0.15, -0.1) is 24.8 Å². The van der Waals surface area contributed by atoms with Crippen molar-refractivity contribution in [2.45, 2.75) is 19.9 Å². The molecule has 8 heteroatoms. The molecular formula is C16H27Cl2N3O2S. The molecule has 3 rings (SSSR count). The van der Waals surface area contributed by atoms with Crippen molar-refractivity contribution in [2.24, 2.45) is 0 Å². The van der Waals surface area contributed by atoms with Crippen LogP contribution >= 0.6 is 24.8 Å². The fourth-order valence-electron chi connectivity index (χ4n) is 3.35. The summed E-state index contributed by atoms with van der Waals surface area (Å²) in [5.41, 5.74) is 3.66. The largest absolute Gasteiger partial charge is 0.369 e. The van der Waals surface area contributed by atoms with Gasteiger partial charge in [-0.2, -0.15) is 0 Å². The molecule has 1 aromatic rings. The summed E-state index contributed by atoms with van der Waals surface area (Å²) < 4.78 is 23.1. The van der Waals surface area contributed by atoms with Crippen LogP contribution in [0.4, 0.5) is 11.4 Å². The summed E-state index contributed by atoms with van der Waals surface area (Å²) in [5, 5.41) is 3.41. The molecule has 138 valence electrons. The Bertz CT molecular complexity index is 641. The van der Waals surface area contributed by atoms with Crippen molar-refractivity contribution in [3.63, 3.8) is 0 Å². The van der Waals surface area contributed by atoms with Gasteiger partial charge >= 0.3 is 0 Å². The summed E-state index contributed by atoms with van der Waals surface area (Å²) in [5.74, 6) is 0.534. The lowest BCUT2D eigenvalue weighted by Gasteiger charge is -2.37. The van der Waals surface area contributed by atoms with Crippen LogP contribution in [0.3, 0.4) is 0 Å². The second kappa shape index (κ2) is 8.61. The van der Waals surface area contributed by atoms with Gasteiger partial charge in [0, 0.05) is 50.1 Å². The van der Waals surface area contributed by atoms with E-state index >= 15 is 0 Å². The minimum atomic E-state index is -2.83. The normalized spacial score (nSPS) is 23.2. The lowest BCUT2D eigenvalue weighted by Crippen LogP contribution is -2.50. The molecule has 0 radical (unpaired) electrons. The maximum atomic E-state index is 11.6. The Morgan fingerprint density at radius 1 is 1.12 bits per heavy atom. The van der Waals surface area contributed by atoms with E-state index in [2.05, 4.69) is 47.2 Å². The van der Waals surface area contributed by atoms with E-state index in [1.54, 1.807) is 0 Å². The predicted octanol–water partition coefficient (Wildman–Crippen LogP) is 1.87. The van der Waals surface area contributed by atoms with Gasteiger partial charge in [-0.25, -0.2) is 8.42 Å². The van der Waals surface area contributed by atoms with E-state index in [-0.39, 0.29) is 36.3 Å². The minimum Gasteiger partial charge on any atom is -0.369 e. The van der Waals surface area contributed by atoms with Crippen LogP contribution in [-0.4, -0.2) is 58.7 Å². The topological polar surface area (TPSA) is 52.6 Å². The molecule has 2 aliphatic heterocycles. The van der Waals surface area contributed by atoms with Crippen LogP contribution in [0, 0.1) is 6.92 Å². The quantitative estimate of drug-likeness (QED) is 0.827. The summed E-state index contributed by atoms with van der Waals surface area (Å²) >= 11 is 0. The molecule has 1 aromatic carbocycles. The second-order valence-electron chi connectivity index (χ2n) is 6.36. The number of nitrogens with zero attached hydrogens (tertiary/aromatic N) is 2. The highest BCUT2D eigenvalue weighted by Crippen LogP contribution is 2.28. The fourth-order valence-corrected chi connectivity index (χ4v) is 4.55. The number of aryl methyl sites for hydroxylation is 1. The van der Waals surface area contributed by atoms with Gasteiger partial charge in [0.25, 0.3) is 0 Å². The summed E-state index contributed by atoms with van der Waals surface area (Å²) in [6.07, 6.45) is 0. The van der Waals surface area contributed by atoms with Crippen LogP contribution in [-0.2, 0) is 9.84 Å². The van der Waals surface area contributed by atoms with E-state index in [1.807, 2.05) is 0 Å². The van der Waals surface area contributed by atoms with Crippen molar-refractivity contribution in [1.82, 2.24) is 5.32 Å². The first-order valence-electron chi connectivity index (χ1n) is 8.00. The number of nitrogens with one attached hydrogen (secondary N) is 1. The zero-order chi connectivity index (χ0) is 15.7. The molecule has 0 spiro atoms. The maximum Gasteiger partial charge on any atom is 0.153 e. The van der Waals surface area contributed by atoms with Gasteiger partial charge in [-0.3, -0.25) is 0 Å². The van der Waals surface area contributed by atoms with E-state index in [9.17, 15) is 8.42 Å². The Kier molecular flexibility index (Phi) is 7.66. The molecule has 2 saturated heterocycles. The summed E-state index contributed by atoms with van der Waals surface area (Å²) in [6.45, 7) is 8.64. The van der Waals surface area contributed by atoms with Gasteiger partial charge in [-0.05, 0) is 37.6 Å². The number of anilines is 2. The van der Waals surface area contributed by atoms with Crippen molar-refractivity contribution in [2.75, 3.05) is 54.0 Å². The molecule has 0 aliphatic carbocycles. The molecule has 2 fully saturated rings. The molecule has 2 heterocycles. The average molecular weight is 396 g/mol. The Morgan fingerprint density at radius 2 is 1.79 bits per heavy atom. The van der Waals surface area contributed by atoms with Crippen LogP contribution in [0.2, 0.25) is 0 Å². The van der Waals surface area contributed by atoms with Gasteiger partial charge in [-0.1, -0.05) is 0 Å². The van der Waals surface area contributed by atoms with Crippen LogP contribution in [0.15, 0.2) is 18.2 Å². The Morgan fingerprint density at radius 3 is 2.38 bits per heavy atom. The molecule has 24 heavy (non-hydrogen) atoms. The highest BCUT2D eigenvalue weighted by molar-refractivity contribution is 7.91. The van der Waals surface area contributed by atoms with Crippen molar-refractivity contribution >= 4 is 46.0 Å². The van der Waals surface area contributed by atoms with Crippen LogP contribution in [0.25, 0.3) is 0 Å². The molecule has 0 amide bonds. The van der Waals surface area contributed by atoms with Crippen molar-refractivity contribution < 1.29 is 8.42 Å². The number of rotatable bonds is 2. The Hall–Kier alpha value is -0.690. The van der Waals surface area contributed by atoms with Crippen molar-refractivity contribution in [3.05, 3.63) is 23.8 Å². The molecular weight excluding hydrogens is 369 g/mol. The maximum absolute atomic E-state index is 11.6. The fraction of sp³-hybridized carbons (Fsp3) is 0.625. The van der Waals surface area contributed by atoms with E-state index in [0.29, 0.717) is 19.1 Å². The van der Waals surface area contributed by atoms with Crippen molar-refractivity contribution in [1.29, 1.82) is 0 Å². The molecule has 0 aromatic heterocycles. The summed E-state index contributed by atoms with van der Waals surface area (Å²) in [6, 6.07) is 7.06. The molecule has 1 atom stereocenters. The molecule has 5 nitrogen and oxygen atoms in total. The molecule has 0 saturated carbocycles. The third kappa shape index (κ3) is 4.69. The van der Waals surface area contributed by atoms with E-state index in [1.165, 1.54) is 16.9 Å². The minimum absolute atomic E-state index is 0. The number of benzene rings is 1. The van der Waals surface area contributed by atoms with E-state index in [4.69, 9.17) is 0 Å². The van der Waals surface area contributed by atoms with Crippen LogP contribution < -0.4 is 15.1 Å². The Balaban J connectivity index is 0.00000144. The van der Waals surface area contributed by atoms with Gasteiger partial charge in [0.05, 0.1) is 11.5 Å². The SMILES string of the molecule is Cc1cc(N2CCNC[C@@H]2C)ccc1N1CCS(=O)(=O)CC1.Cl.Cl. The van der Waals surface area contributed by atoms with Gasteiger partial charge in [0.15, 0.2) is 9.84 Å². The van der Waals surface area contributed by atoms with E-state index < -0.39 is 9.84 Å². The van der Waals surface area contributed by atoms with Gasteiger partial charge < -0.3 is 15.1 Å². The lowest BCUT2D eigenvalue weighted by atomic mass is 10.1. The predicted molar refractivity (Wildman–Crippen MR) is 106 cm³/mol. The first kappa shape index (κ1) is 21.4. The zero-order valence-corrected chi connectivity index (χ0v) is 16.6. The third-order valence-electron chi connectivity index (χ3n) is 4.70. The van der Waals surface area contributed by atoms with E-state index in [0.717, 1.165) is 19.6 Å². The number of sulfone groups is 1. The highest BCUT2D eigenvalue weighted by atomic mass is 35.5. The molecule has 0 unspecified atom stereocenters. The van der Waals surface area contributed by atoms with Crippen LogP contribution in [0.1, 0.15) is 12.5 Å². The monoisotopic (exact) mass is 395 g/mol. The van der Waals surface area contributed by atoms with Crippen LogP contribution in [0.5, 0.6) is 0 Å². The molecule has 0 bridgehead atoms. The first-order valence-corrected chi connectivity index (χ1v) is 9.82. The van der Waals surface area contributed by atoms with Gasteiger partial charge in [0.2, 0.25) is 0 Å². The average Bonchev–Trinajstić information content (AvgIpc) is 2.48. The number of hydrogen-bond donors (Lipinski definition) is 1. The summed E-state index contributed by atoms with van der Waals surface area (Å²) in [7, 11) is -2.83. The smallest absolute Gasteiger partial charge is 0.153 e. The second-order valence-corrected chi connectivity index (χ2v) is 8.66.